The minimum Gasteiger partial charge on any atom is -0.330 e. The zero-order chi connectivity index (χ0) is 14.8. The molecule has 21 heavy (non-hydrogen) atoms. The van der Waals surface area contributed by atoms with Crippen molar-refractivity contribution in [2.75, 3.05) is 5.32 Å². The van der Waals surface area contributed by atoms with Gasteiger partial charge in [0, 0.05) is 36.9 Å². The molecule has 2 aromatic carbocycles. The fourth-order valence-corrected chi connectivity index (χ4v) is 2.78. The van der Waals surface area contributed by atoms with E-state index in [2.05, 4.69) is 34.1 Å². The van der Waals surface area contributed by atoms with Gasteiger partial charge in [-0.3, -0.25) is 4.79 Å². The van der Waals surface area contributed by atoms with Crippen LogP contribution in [-0.4, -0.2) is 10.5 Å². The van der Waals surface area contributed by atoms with Gasteiger partial charge in [-0.2, -0.15) is 0 Å². The number of benzene rings is 2. The molecule has 0 unspecified atom stereocenters. The van der Waals surface area contributed by atoms with Crippen molar-refractivity contribution in [3.8, 4) is 0 Å². The third-order valence-corrected chi connectivity index (χ3v) is 3.73. The standard InChI is InChI=1S/C18H18N2O/c1-13(21)19-18-16(12-14-8-4-3-5-9-14)15-10-6-7-11-17(15)20(18)2/h3-11H,12H2,1-2H3,(H,19,21). The van der Waals surface area contributed by atoms with Gasteiger partial charge < -0.3 is 9.88 Å². The van der Waals surface area contributed by atoms with E-state index in [-0.39, 0.29) is 5.91 Å². The highest BCUT2D eigenvalue weighted by molar-refractivity contribution is 5.96. The predicted octanol–water partition coefficient (Wildman–Crippen LogP) is 3.73. The summed E-state index contributed by atoms with van der Waals surface area (Å²) in [5.74, 6) is 0.836. The quantitative estimate of drug-likeness (QED) is 0.778. The highest BCUT2D eigenvalue weighted by atomic mass is 16.1. The van der Waals surface area contributed by atoms with Gasteiger partial charge in [-0.25, -0.2) is 0 Å². The zero-order valence-corrected chi connectivity index (χ0v) is 12.3. The Morgan fingerprint density at radius 2 is 1.71 bits per heavy atom. The number of aromatic nitrogens is 1. The molecule has 0 aliphatic heterocycles. The summed E-state index contributed by atoms with van der Waals surface area (Å²) in [5, 5.41) is 4.16. The molecule has 0 aliphatic carbocycles. The molecule has 0 bridgehead atoms. The number of hydrogen-bond donors (Lipinski definition) is 1. The number of aryl methyl sites for hydroxylation is 1. The maximum Gasteiger partial charge on any atom is 0.222 e. The molecule has 106 valence electrons. The number of fused-ring (bicyclic) bond motifs is 1. The maximum absolute atomic E-state index is 11.5. The third kappa shape index (κ3) is 2.55. The smallest absolute Gasteiger partial charge is 0.222 e. The normalized spacial score (nSPS) is 10.8. The first-order valence-corrected chi connectivity index (χ1v) is 7.04. The first kappa shape index (κ1) is 13.4. The SMILES string of the molecule is CC(=O)Nc1c(Cc2ccccc2)c2ccccc2n1C. The molecular formula is C18H18N2O. The number of amides is 1. The Bertz CT molecular complexity index is 788. The van der Waals surface area contributed by atoms with Gasteiger partial charge in [0.25, 0.3) is 0 Å². The lowest BCUT2D eigenvalue weighted by Gasteiger charge is -2.08. The number of nitrogens with zero attached hydrogens (tertiary/aromatic N) is 1. The minimum absolute atomic E-state index is 0.0461. The molecule has 3 nitrogen and oxygen atoms in total. The van der Waals surface area contributed by atoms with E-state index in [0.29, 0.717) is 0 Å². The summed E-state index contributed by atoms with van der Waals surface area (Å²) in [5.41, 5.74) is 3.53. The number of hydrogen-bond acceptors (Lipinski definition) is 1. The van der Waals surface area contributed by atoms with Crippen LogP contribution in [0.15, 0.2) is 54.6 Å². The number of para-hydroxylation sites is 1. The van der Waals surface area contributed by atoms with E-state index in [1.54, 1.807) is 6.92 Å². The Labute approximate surface area is 124 Å². The van der Waals surface area contributed by atoms with E-state index in [1.165, 1.54) is 10.9 Å². The number of anilines is 1. The summed E-state index contributed by atoms with van der Waals surface area (Å²) < 4.78 is 2.05. The van der Waals surface area contributed by atoms with E-state index in [0.717, 1.165) is 23.3 Å². The van der Waals surface area contributed by atoms with Crippen molar-refractivity contribution in [2.45, 2.75) is 13.3 Å². The fraction of sp³-hybridized carbons (Fsp3) is 0.167. The monoisotopic (exact) mass is 278 g/mol. The van der Waals surface area contributed by atoms with Crippen molar-refractivity contribution in [3.63, 3.8) is 0 Å². The Balaban J connectivity index is 2.16. The van der Waals surface area contributed by atoms with Gasteiger partial charge in [-0.15, -0.1) is 0 Å². The van der Waals surface area contributed by atoms with Crippen LogP contribution in [-0.2, 0) is 18.3 Å². The molecule has 0 spiro atoms. The van der Waals surface area contributed by atoms with Crippen LogP contribution in [0.25, 0.3) is 10.9 Å². The van der Waals surface area contributed by atoms with Crippen molar-refractivity contribution >= 4 is 22.6 Å². The molecule has 1 N–H and O–H groups in total. The summed E-state index contributed by atoms with van der Waals surface area (Å²) in [6.45, 7) is 1.55. The van der Waals surface area contributed by atoms with Crippen LogP contribution in [0, 0.1) is 0 Å². The van der Waals surface area contributed by atoms with Crippen LogP contribution >= 0.6 is 0 Å². The molecule has 0 saturated heterocycles. The van der Waals surface area contributed by atoms with Gasteiger partial charge in [0.2, 0.25) is 5.91 Å². The van der Waals surface area contributed by atoms with E-state index >= 15 is 0 Å². The minimum atomic E-state index is -0.0461. The second-order valence-corrected chi connectivity index (χ2v) is 5.25. The number of nitrogens with one attached hydrogen (secondary N) is 1. The van der Waals surface area contributed by atoms with E-state index in [9.17, 15) is 4.79 Å². The lowest BCUT2D eigenvalue weighted by molar-refractivity contribution is -0.114. The molecule has 1 amide bonds. The molecule has 0 aliphatic rings. The lowest BCUT2D eigenvalue weighted by Crippen LogP contribution is -2.11. The average molecular weight is 278 g/mol. The summed E-state index contributed by atoms with van der Waals surface area (Å²) in [7, 11) is 1.99. The molecule has 3 rings (SSSR count). The van der Waals surface area contributed by atoms with Crippen molar-refractivity contribution in [1.82, 2.24) is 4.57 Å². The van der Waals surface area contributed by atoms with Gasteiger partial charge in [0.05, 0.1) is 0 Å². The number of rotatable bonds is 3. The zero-order valence-electron chi connectivity index (χ0n) is 12.3. The van der Waals surface area contributed by atoms with Gasteiger partial charge in [0.1, 0.15) is 5.82 Å². The summed E-state index contributed by atoms with van der Waals surface area (Å²) in [6.07, 6.45) is 0.803. The van der Waals surface area contributed by atoms with Crippen LogP contribution in [0.2, 0.25) is 0 Å². The molecule has 3 heteroatoms. The Morgan fingerprint density at radius 3 is 2.43 bits per heavy atom. The average Bonchev–Trinajstić information content (AvgIpc) is 2.74. The first-order valence-electron chi connectivity index (χ1n) is 7.04. The molecular weight excluding hydrogens is 260 g/mol. The first-order chi connectivity index (χ1) is 10.2. The fourth-order valence-electron chi connectivity index (χ4n) is 2.78. The molecule has 1 aromatic heterocycles. The molecule has 0 fully saturated rings. The molecule has 0 atom stereocenters. The Hall–Kier alpha value is -2.55. The predicted molar refractivity (Wildman–Crippen MR) is 86.5 cm³/mol. The molecule has 0 saturated carbocycles. The maximum atomic E-state index is 11.5. The van der Waals surface area contributed by atoms with Crippen LogP contribution in [0.5, 0.6) is 0 Å². The second kappa shape index (κ2) is 5.44. The van der Waals surface area contributed by atoms with Crippen molar-refractivity contribution in [3.05, 3.63) is 65.7 Å². The van der Waals surface area contributed by atoms with Crippen molar-refractivity contribution in [1.29, 1.82) is 0 Å². The van der Waals surface area contributed by atoms with Gasteiger partial charge in [0.15, 0.2) is 0 Å². The van der Waals surface area contributed by atoms with Crippen LogP contribution in [0.4, 0.5) is 5.82 Å². The van der Waals surface area contributed by atoms with E-state index in [4.69, 9.17) is 0 Å². The molecule has 3 aromatic rings. The van der Waals surface area contributed by atoms with E-state index in [1.807, 2.05) is 37.4 Å². The van der Waals surface area contributed by atoms with E-state index < -0.39 is 0 Å². The highest BCUT2D eigenvalue weighted by Gasteiger charge is 2.15. The lowest BCUT2D eigenvalue weighted by atomic mass is 10.0. The number of carbonyl (C=O) groups excluding carboxylic acids is 1. The summed E-state index contributed by atoms with van der Waals surface area (Å²) >= 11 is 0. The Morgan fingerprint density at radius 1 is 1.05 bits per heavy atom. The summed E-state index contributed by atoms with van der Waals surface area (Å²) in [4.78, 5) is 11.5. The highest BCUT2D eigenvalue weighted by Crippen LogP contribution is 2.31. The van der Waals surface area contributed by atoms with Crippen molar-refractivity contribution in [2.24, 2.45) is 7.05 Å². The van der Waals surface area contributed by atoms with Crippen molar-refractivity contribution < 1.29 is 4.79 Å². The van der Waals surface area contributed by atoms with Gasteiger partial charge in [-0.05, 0) is 11.6 Å². The second-order valence-electron chi connectivity index (χ2n) is 5.25. The van der Waals surface area contributed by atoms with Crippen LogP contribution in [0.1, 0.15) is 18.1 Å². The number of carbonyl (C=O) groups is 1. The van der Waals surface area contributed by atoms with Crippen LogP contribution < -0.4 is 5.32 Å². The van der Waals surface area contributed by atoms with Gasteiger partial charge in [-0.1, -0.05) is 48.5 Å². The van der Waals surface area contributed by atoms with Crippen LogP contribution in [0.3, 0.4) is 0 Å². The van der Waals surface area contributed by atoms with Gasteiger partial charge >= 0.3 is 0 Å². The Kier molecular flexibility index (Phi) is 3.48. The topological polar surface area (TPSA) is 34.0 Å². The molecule has 0 radical (unpaired) electrons. The summed E-state index contributed by atoms with van der Waals surface area (Å²) in [6, 6.07) is 18.6. The largest absolute Gasteiger partial charge is 0.330 e. The molecule has 1 heterocycles. The third-order valence-electron chi connectivity index (χ3n) is 3.73.